The van der Waals surface area contributed by atoms with Gasteiger partial charge in [0.05, 0.1) is 88.7 Å². The third-order valence-corrected chi connectivity index (χ3v) is 19.5. The number of rotatable bonds is 15. The number of aliphatic hydroxyl groups excluding tert-OH is 2. The number of halogens is 9. The van der Waals surface area contributed by atoms with Gasteiger partial charge >= 0.3 is 0 Å². The van der Waals surface area contributed by atoms with Crippen LogP contribution >= 0.6 is 104 Å². The van der Waals surface area contributed by atoms with Crippen molar-refractivity contribution in [2.45, 2.75) is 30.3 Å². The molecule has 490 valence electrons. The van der Waals surface area contributed by atoms with E-state index in [4.69, 9.17) is 124 Å². The van der Waals surface area contributed by atoms with Gasteiger partial charge in [-0.15, -0.1) is 0 Å². The van der Waals surface area contributed by atoms with Crippen molar-refractivity contribution in [3.8, 4) is 0 Å². The Balaban J connectivity index is 0.000000157. The van der Waals surface area contributed by atoms with Crippen molar-refractivity contribution >= 4 is 144 Å². The van der Waals surface area contributed by atoms with Gasteiger partial charge in [-0.2, -0.15) is 0 Å². The van der Waals surface area contributed by atoms with Crippen molar-refractivity contribution in [3.63, 3.8) is 0 Å². The van der Waals surface area contributed by atoms with Crippen LogP contribution in [0.4, 0.5) is 34.1 Å². The zero-order chi connectivity index (χ0) is 68.0. The first kappa shape index (κ1) is 71.7. The number of piperazine rings is 3. The minimum absolute atomic E-state index is 0.00279. The summed E-state index contributed by atoms with van der Waals surface area (Å²) in [5.41, 5.74) is 10.0. The van der Waals surface area contributed by atoms with Gasteiger partial charge in [-0.3, -0.25) is 19.5 Å². The number of carbonyl (C=O) groups excluding carboxylic acids is 1. The van der Waals surface area contributed by atoms with Crippen molar-refractivity contribution in [1.29, 1.82) is 0 Å². The fourth-order valence-corrected chi connectivity index (χ4v) is 14.1. The van der Waals surface area contributed by atoms with Crippen LogP contribution < -0.4 is 14.7 Å². The highest BCUT2D eigenvalue weighted by Gasteiger charge is 2.34. The van der Waals surface area contributed by atoms with Crippen LogP contribution in [-0.2, 0) is 0 Å². The minimum atomic E-state index is -0.633. The largest absolute Gasteiger partial charge is 0.387 e. The Labute approximate surface area is 605 Å². The average molecular weight is 1460 g/mol. The fourth-order valence-electron chi connectivity index (χ4n) is 12.2. The Kier molecular flexibility index (Phi) is 25.3. The van der Waals surface area contributed by atoms with Crippen molar-refractivity contribution in [2.75, 3.05) is 93.2 Å². The number of Topliss-reactive ketones (excluding diaryl/α,β-unsaturated/α-hetero) is 1. The van der Waals surface area contributed by atoms with E-state index in [9.17, 15) is 15.0 Å². The van der Waals surface area contributed by atoms with Crippen LogP contribution in [0.25, 0.3) is 14.5 Å². The molecule has 9 aromatic carbocycles. The van der Waals surface area contributed by atoms with Crippen LogP contribution in [0.2, 0.25) is 45.2 Å². The number of hydrogen-bond donors (Lipinski definition) is 2. The van der Waals surface area contributed by atoms with E-state index in [1.54, 1.807) is 66.7 Å². The van der Waals surface area contributed by atoms with Gasteiger partial charge in [0.25, 0.3) is 0 Å². The fraction of sp³-hybridized carbons (Fsp3) is 0.227. The van der Waals surface area contributed by atoms with Gasteiger partial charge < -0.3 is 24.9 Å². The van der Waals surface area contributed by atoms with E-state index in [2.05, 4.69) is 43.9 Å². The van der Waals surface area contributed by atoms with E-state index in [0.29, 0.717) is 101 Å². The van der Waals surface area contributed by atoms with Gasteiger partial charge in [0.1, 0.15) is 0 Å². The quantitative estimate of drug-likeness (QED) is 0.0769. The zero-order valence-corrected chi connectivity index (χ0v) is 58.5. The Bertz CT molecular complexity index is 4070. The summed E-state index contributed by atoms with van der Waals surface area (Å²) in [5, 5.41) is 27.3. The first-order valence-electron chi connectivity index (χ1n) is 30.7. The van der Waals surface area contributed by atoms with E-state index < -0.39 is 12.2 Å². The third-order valence-electron chi connectivity index (χ3n) is 17.2. The summed E-state index contributed by atoms with van der Waals surface area (Å²) in [6, 6.07) is 61.3. The predicted molar refractivity (Wildman–Crippen MR) is 396 cm³/mol. The molecule has 0 aliphatic carbocycles. The van der Waals surface area contributed by atoms with Crippen LogP contribution in [0.3, 0.4) is 0 Å². The van der Waals surface area contributed by atoms with E-state index in [1.807, 2.05) is 133 Å². The normalized spacial score (nSPS) is 17.3. The van der Waals surface area contributed by atoms with Gasteiger partial charge in [0.15, 0.2) is 22.8 Å². The molecular formula is C75H64Cl9N9O3. The molecule has 0 saturated carbocycles. The lowest BCUT2D eigenvalue weighted by molar-refractivity contribution is 0.0914. The maximum atomic E-state index is 12.9. The number of aliphatic hydroxyl groups is 2. The molecule has 0 radical (unpaired) electrons. The highest BCUT2D eigenvalue weighted by atomic mass is 35.5. The van der Waals surface area contributed by atoms with Crippen molar-refractivity contribution in [1.82, 2.24) is 14.7 Å². The molecule has 0 aromatic heterocycles. The van der Waals surface area contributed by atoms with E-state index in [0.717, 1.165) is 90.7 Å². The molecule has 21 heteroatoms. The monoisotopic (exact) mass is 1450 g/mol. The summed E-state index contributed by atoms with van der Waals surface area (Å²) in [6.07, 6.45) is -1.27. The molecule has 96 heavy (non-hydrogen) atoms. The summed E-state index contributed by atoms with van der Waals surface area (Å²) in [7, 11) is 0. The molecule has 3 aliphatic heterocycles. The van der Waals surface area contributed by atoms with Gasteiger partial charge in [0.2, 0.25) is 0 Å². The lowest BCUT2D eigenvalue weighted by Crippen LogP contribution is -2.50. The van der Waals surface area contributed by atoms with Gasteiger partial charge in [0, 0.05) is 108 Å². The molecule has 12 rings (SSSR count). The SMILES string of the molecule is [C-]#[N+]c1ccc(C(=O)CN2CCN(c3ccc(Cl)cc3Cl)[C@H](c3ccc(Cl)cc3)C2)cc1.[C-]#[N+]c1ccc([C@@H](O)CN2CCN(c3ccc(Cl)cc3Cl)[C@H](c3ccc(Cl)cc3)C2)cc1.[C-]#[N+]c1ccc([C@H](O)CN2CCN(c3ccc(Cl)cc3Cl)[C@H](c3ccc(Cl)cc3)C2)cc1. The Morgan fingerprint density at radius 2 is 0.656 bits per heavy atom. The zero-order valence-electron chi connectivity index (χ0n) is 51.7. The van der Waals surface area contributed by atoms with Gasteiger partial charge in [-0.1, -0.05) is 214 Å². The third kappa shape index (κ3) is 18.8. The number of nitrogens with zero attached hydrogens (tertiary/aromatic N) is 9. The summed E-state index contributed by atoms with van der Waals surface area (Å²) in [4.78, 5) is 36.6. The smallest absolute Gasteiger partial charge is 0.187 e. The number of hydrogen-bond acceptors (Lipinski definition) is 9. The van der Waals surface area contributed by atoms with E-state index >= 15 is 0 Å². The molecule has 3 heterocycles. The second-order valence-corrected chi connectivity index (χ2v) is 27.2. The highest BCUT2D eigenvalue weighted by Crippen LogP contribution is 2.41. The number of benzene rings is 9. The number of ketones is 1. The highest BCUT2D eigenvalue weighted by molar-refractivity contribution is 6.38. The van der Waals surface area contributed by atoms with Crippen LogP contribution in [0.1, 0.15) is 68.5 Å². The summed E-state index contributed by atoms with van der Waals surface area (Å²) in [5.74, 6) is 0.0364. The first-order valence-corrected chi connectivity index (χ1v) is 34.1. The minimum Gasteiger partial charge on any atom is -0.387 e. The molecular weight excluding hydrogens is 1390 g/mol. The van der Waals surface area contributed by atoms with E-state index in [1.165, 1.54) is 0 Å². The first-order chi connectivity index (χ1) is 46.3. The molecule has 3 saturated heterocycles. The number of β-amino-alcohol motifs (C(OH)–C–C–N with tert-alkyl or cyclic N) is 2. The molecule has 0 unspecified atom stereocenters. The molecule has 0 bridgehead atoms. The average Bonchev–Trinajstić information content (AvgIpc) is 0.824. The van der Waals surface area contributed by atoms with Gasteiger partial charge in [-0.25, -0.2) is 14.5 Å². The van der Waals surface area contributed by atoms with Crippen LogP contribution in [-0.4, -0.2) is 109 Å². The molecule has 3 aliphatic rings. The summed E-state index contributed by atoms with van der Waals surface area (Å²) < 4.78 is 0. The lowest BCUT2D eigenvalue weighted by atomic mass is 10.00. The lowest BCUT2D eigenvalue weighted by Gasteiger charge is -2.44. The molecule has 9 aromatic rings. The van der Waals surface area contributed by atoms with Crippen LogP contribution in [0.5, 0.6) is 0 Å². The van der Waals surface area contributed by atoms with Crippen molar-refractivity contribution < 1.29 is 15.0 Å². The van der Waals surface area contributed by atoms with Crippen LogP contribution in [0, 0.1) is 19.7 Å². The van der Waals surface area contributed by atoms with Crippen LogP contribution in [0.15, 0.2) is 200 Å². The summed E-state index contributed by atoms with van der Waals surface area (Å²) in [6.45, 7) is 29.1. The van der Waals surface area contributed by atoms with Crippen molar-refractivity contribution in [3.05, 3.63) is 313 Å². The summed E-state index contributed by atoms with van der Waals surface area (Å²) >= 11 is 56.3. The molecule has 12 nitrogen and oxygen atoms in total. The Hall–Kier alpha value is -7.07. The molecule has 3 fully saturated rings. The molecule has 0 amide bonds. The predicted octanol–water partition coefficient (Wildman–Crippen LogP) is 20.5. The maximum absolute atomic E-state index is 12.9. The topological polar surface area (TPSA) is 90.0 Å². The standard InChI is InChI=1S/2C25H22Cl3N3O.C25H20Cl3N3O/c3*1-29-21-9-4-18(5-10-21)25(32)16-30-12-13-31(23-11-8-20(27)14-22(23)28)24(15-30)17-2-6-19(26)7-3-17/h2*2-11,14,24-25,32H,12-13,15-16H2;2-11,14,24H,12-13,15-16H2/t24-,25+;24-,25-;24-/m000/s1. The second-order valence-electron chi connectivity index (χ2n) is 23.3. The second kappa shape index (κ2) is 33.9. The van der Waals surface area contributed by atoms with Gasteiger partial charge in [-0.05, 0) is 119 Å². The molecule has 2 N–H and O–H groups in total. The van der Waals surface area contributed by atoms with Crippen molar-refractivity contribution in [2.24, 2.45) is 0 Å². The number of carbonyl (C=O) groups is 1. The van der Waals surface area contributed by atoms with E-state index in [-0.39, 0.29) is 23.9 Å². The molecule has 0 spiro atoms. The maximum Gasteiger partial charge on any atom is 0.187 e. The Morgan fingerprint density at radius 3 is 0.958 bits per heavy atom. The number of anilines is 3. The Morgan fingerprint density at radius 1 is 0.375 bits per heavy atom. The molecule has 5 atom stereocenters.